The molecule has 0 aromatic carbocycles. The van der Waals surface area contributed by atoms with Gasteiger partial charge in [-0.25, -0.2) is 0 Å². The Kier molecular flexibility index (Phi) is 4.56. The fourth-order valence-electron chi connectivity index (χ4n) is 2.27. The predicted octanol–water partition coefficient (Wildman–Crippen LogP) is 0.771. The summed E-state index contributed by atoms with van der Waals surface area (Å²) in [5, 5.41) is 2.63. The molecule has 1 aliphatic heterocycles. The minimum Gasteiger partial charge on any atom is -0.345 e. The topological polar surface area (TPSA) is 49.4 Å². The highest BCUT2D eigenvalue weighted by Crippen LogP contribution is 2.21. The average molecular weight is 236 g/mol. The van der Waals surface area contributed by atoms with Gasteiger partial charge in [-0.1, -0.05) is 20.8 Å². The van der Waals surface area contributed by atoms with E-state index in [-0.39, 0.29) is 30.3 Å². The van der Waals surface area contributed by atoms with Gasteiger partial charge >= 0.3 is 0 Å². The summed E-state index contributed by atoms with van der Waals surface area (Å²) in [5.74, 6) is 2.56. The highest BCUT2D eigenvalue weighted by atomic mass is 16.2. The predicted molar refractivity (Wildman–Crippen MR) is 66.0 cm³/mol. The Morgan fingerprint density at radius 1 is 1.53 bits per heavy atom. The second-order valence-electron chi connectivity index (χ2n) is 4.68. The van der Waals surface area contributed by atoms with E-state index in [2.05, 4.69) is 11.2 Å². The number of terminal acetylenes is 1. The van der Waals surface area contributed by atoms with Gasteiger partial charge in [-0.2, -0.15) is 0 Å². The number of piperazine rings is 1. The molecule has 1 saturated heterocycles. The largest absolute Gasteiger partial charge is 0.345 e. The molecular formula is C13H20N2O2. The molecule has 17 heavy (non-hydrogen) atoms. The van der Waals surface area contributed by atoms with E-state index in [1.165, 1.54) is 0 Å². The van der Waals surface area contributed by atoms with Gasteiger partial charge in [0.15, 0.2) is 0 Å². The summed E-state index contributed by atoms with van der Waals surface area (Å²) in [6.07, 6.45) is 6.59. The van der Waals surface area contributed by atoms with Gasteiger partial charge in [0.2, 0.25) is 11.8 Å². The Labute approximate surface area is 103 Å². The van der Waals surface area contributed by atoms with Crippen molar-refractivity contribution in [1.82, 2.24) is 10.2 Å². The molecule has 0 radical (unpaired) electrons. The number of hydrogen-bond donors (Lipinski definition) is 1. The van der Waals surface area contributed by atoms with E-state index in [0.717, 1.165) is 6.42 Å². The summed E-state index contributed by atoms with van der Waals surface area (Å²) >= 11 is 0. The standard InChI is InChI=1S/C13H20N2O2/c1-5-7-10(6-2)15-11(16)8-14-13(17)12(15)9(3)4/h1,9-10,12H,6-8H2,2-4H3,(H,14,17). The molecule has 1 fully saturated rings. The van der Waals surface area contributed by atoms with Crippen LogP contribution in [-0.4, -0.2) is 35.3 Å². The van der Waals surface area contributed by atoms with Crippen LogP contribution >= 0.6 is 0 Å². The zero-order chi connectivity index (χ0) is 13.0. The molecule has 2 atom stereocenters. The van der Waals surface area contributed by atoms with Crippen molar-refractivity contribution in [2.24, 2.45) is 5.92 Å². The van der Waals surface area contributed by atoms with Gasteiger partial charge in [0.25, 0.3) is 0 Å². The van der Waals surface area contributed by atoms with Gasteiger partial charge in [-0.3, -0.25) is 9.59 Å². The SMILES string of the molecule is C#CCC(CC)N1C(=O)CNC(=O)C1C(C)C. The Hall–Kier alpha value is -1.50. The summed E-state index contributed by atoms with van der Waals surface area (Å²) in [4.78, 5) is 25.5. The third-order valence-electron chi connectivity index (χ3n) is 3.12. The zero-order valence-electron chi connectivity index (χ0n) is 10.7. The first kappa shape index (κ1) is 13.6. The van der Waals surface area contributed by atoms with Crippen LogP contribution in [0.25, 0.3) is 0 Å². The van der Waals surface area contributed by atoms with Crippen LogP contribution in [0.5, 0.6) is 0 Å². The average Bonchev–Trinajstić information content (AvgIpc) is 2.28. The molecule has 1 heterocycles. The highest BCUT2D eigenvalue weighted by molar-refractivity contribution is 5.95. The van der Waals surface area contributed by atoms with E-state index in [0.29, 0.717) is 6.42 Å². The summed E-state index contributed by atoms with van der Waals surface area (Å²) in [5.41, 5.74) is 0. The number of carbonyl (C=O) groups is 2. The molecule has 0 spiro atoms. The Morgan fingerprint density at radius 2 is 2.18 bits per heavy atom. The lowest BCUT2D eigenvalue weighted by Crippen LogP contribution is -2.63. The van der Waals surface area contributed by atoms with Gasteiger partial charge in [0, 0.05) is 12.5 Å². The molecule has 1 N–H and O–H groups in total. The van der Waals surface area contributed by atoms with Crippen molar-refractivity contribution in [3.05, 3.63) is 0 Å². The van der Waals surface area contributed by atoms with Crippen LogP contribution < -0.4 is 5.32 Å². The first-order chi connectivity index (χ1) is 8.02. The number of rotatable bonds is 4. The lowest BCUT2D eigenvalue weighted by atomic mass is 9.95. The van der Waals surface area contributed by atoms with E-state index in [1.807, 2.05) is 20.8 Å². The highest BCUT2D eigenvalue weighted by Gasteiger charge is 2.39. The monoisotopic (exact) mass is 236 g/mol. The molecule has 0 aliphatic carbocycles. The maximum absolute atomic E-state index is 12.0. The molecule has 2 unspecified atom stereocenters. The molecule has 0 bridgehead atoms. The van der Waals surface area contributed by atoms with Crippen LogP contribution in [-0.2, 0) is 9.59 Å². The van der Waals surface area contributed by atoms with E-state index < -0.39 is 6.04 Å². The van der Waals surface area contributed by atoms with Crippen LogP contribution in [0.15, 0.2) is 0 Å². The van der Waals surface area contributed by atoms with E-state index in [1.54, 1.807) is 4.90 Å². The van der Waals surface area contributed by atoms with E-state index in [9.17, 15) is 9.59 Å². The molecule has 0 saturated carbocycles. The fourth-order valence-corrected chi connectivity index (χ4v) is 2.27. The summed E-state index contributed by atoms with van der Waals surface area (Å²) < 4.78 is 0. The third-order valence-corrected chi connectivity index (χ3v) is 3.12. The normalized spacial score (nSPS) is 22.3. The first-order valence-corrected chi connectivity index (χ1v) is 6.05. The van der Waals surface area contributed by atoms with Crippen molar-refractivity contribution in [2.45, 2.75) is 45.7 Å². The second-order valence-corrected chi connectivity index (χ2v) is 4.68. The lowest BCUT2D eigenvalue weighted by molar-refractivity contribution is -0.150. The van der Waals surface area contributed by atoms with Gasteiger partial charge in [-0.15, -0.1) is 12.3 Å². The number of hydrogen-bond acceptors (Lipinski definition) is 2. The molecule has 0 aromatic rings. The Bertz CT molecular complexity index is 344. The maximum atomic E-state index is 12.0. The second kappa shape index (κ2) is 5.72. The molecule has 1 aliphatic rings. The smallest absolute Gasteiger partial charge is 0.243 e. The van der Waals surface area contributed by atoms with Crippen molar-refractivity contribution >= 4 is 11.8 Å². The summed E-state index contributed by atoms with van der Waals surface area (Å²) in [6.45, 7) is 5.96. The van der Waals surface area contributed by atoms with Crippen molar-refractivity contribution in [2.75, 3.05) is 6.54 Å². The molecular weight excluding hydrogens is 216 g/mol. The van der Waals surface area contributed by atoms with Crippen molar-refractivity contribution in [3.8, 4) is 12.3 Å². The number of amides is 2. The molecule has 2 amide bonds. The van der Waals surface area contributed by atoms with Gasteiger partial charge < -0.3 is 10.2 Å². The first-order valence-electron chi connectivity index (χ1n) is 6.05. The van der Waals surface area contributed by atoms with E-state index >= 15 is 0 Å². The molecule has 4 nitrogen and oxygen atoms in total. The number of nitrogens with zero attached hydrogens (tertiary/aromatic N) is 1. The minimum atomic E-state index is -0.394. The van der Waals surface area contributed by atoms with Gasteiger partial charge in [0.05, 0.1) is 6.54 Å². The number of carbonyl (C=O) groups excluding carboxylic acids is 2. The summed E-state index contributed by atoms with van der Waals surface area (Å²) in [7, 11) is 0. The van der Waals surface area contributed by atoms with Crippen molar-refractivity contribution < 1.29 is 9.59 Å². The fraction of sp³-hybridized carbons (Fsp3) is 0.692. The van der Waals surface area contributed by atoms with Crippen LogP contribution in [0.3, 0.4) is 0 Å². The van der Waals surface area contributed by atoms with Crippen LogP contribution in [0.2, 0.25) is 0 Å². The number of nitrogens with one attached hydrogen (secondary N) is 1. The van der Waals surface area contributed by atoms with Gasteiger partial charge in [-0.05, 0) is 12.3 Å². The molecule has 0 aromatic heterocycles. The Balaban J connectivity index is 2.99. The lowest BCUT2D eigenvalue weighted by Gasteiger charge is -2.41. The minimum absolute atomic E-state index is 0.0362. The molecule has 1 rings (SSSR count). The van der Waals surface area contributed by atoms with Crippen LogP contribution in [0, 0.1) is 18.3 Å². The van der Waals surface area contributed by atoms with Crippen LogP contribution in [0.4, 0.5) is 0 Å². The van der Waals surface area contributed by atoms with E-state index in [4.69, 9.17) is 6.42 Å². The van der Waals surface area contributed by atoms with Gasteiger partial charge in [0.1, 0.15) is 6.04 Å². The van der Waals surface area contributed by atoms with Crippen molar-refractivity contribution in [1.29, 1.82) is 0 Å². The Morgan fingerprint density at radius 3 is 2.65 bits per heavy atom. The molecule has 4 heteroatoms. The van der Waals surface area contributed by atoms with Crippen molar-refractivity contribution in [3.63, 3.8) is 0 Å². The summed E-state index contributed by atoms with van der Waals surface area (Å²) in [6, 6.07) is -0.430. The quantitative estimate of drug-likeness (QED) is 0.733. The van der Waals surface area contributed by atoms with Crippen LogP contribution in [0.1, 0.15) is 33.6 Å². The third kappa shape index (κ3) is 2.79. The molecule has 94 valence electrons. The zero-order valence-corrected chi connectivity index (χ0v) is 10.7. The maximum Gasteiger partial charge on any atom is 0.243 e.